The predicted octanol–water partition coefficient (Wildman–Crippen LogP) is 4.46. The normalized spacial score (nSPS) is 15.9. The summed E-state index contributed by atoms with van der Waals surface area (Å²) in [5.41, 5.74) is 4.47. The molecule has 1 saturated heterocycles. The first-order valence-corrected chi connectivity index (χ1v) is 11.1. The molecule has 1 N–H and O–H groups in total. The van der Waals surface area contributed by atoms with Crippen LogP contribution in [0.2, 0.25) is 0 Å². The average molecular weight is 450 g/mol. The number of pyridine rings is 1. The molecule has 172 valence electrons. The van der Waals surface area contributed by atoms with Gasteiger partial charge in [0.05, 0.1) is 0 Å². The lowest BCUT2D eigenvalue weighted by molar-refractivity contribution is -0.134. The highest BCUT2D eigenvalue weighted by Gasteiger charge is 2.26. The van der Waals surface area contributed by atoms with Crippen LogP contribution in [-0.4, -0.2) is 45.5 Å². The van der Waals surface area contributed by atoms with Gasteiger partial charge in [-0.1, -0.05) is 12.1 Å². The van der Waals surface area contributed by atoms with Gasteiger partial charge in [-0.25, -0.2) is 14.4 Å². The van der Waals surface area contributed by atoms with Crippen LogP contribution in [0.1, 0.15) is 41.5 Å². The van der Waals surface area contributed by atoms with Crippen molar-refractivity contribution in [3.63, 3.8) is 0 Å². The van der Waals surface area contributed by atoms with E-state index in [4.69, 9.17) is 9.72 Å². The minimum atomic E-state index is -0.474. The number of nitrogens with zero attached hydrogens (tertiary/aromatic N) is 4. The molecule has 0 radical (unpaired) electrons. The van der Waals surface area contributed by atoms with Crippen molar-refractivity contribution in [3.05, 3.63) is 71.1 Å². The van der Waals surface area contributed by atoms with Gasteiger partial charge in [0.1, 0.15) is 0 Å². The summed E-state index contributed by atoms with van der Waals surface area (Å²) in [6.07, 6.45) is 1.81. The molecule has 1 amide bonds. The largest absolute Gasteiger partial charge is 0.481 e. The Labute approximate surface area is 193 Å². The molecule has 1 aliphatic heterocycles. The third-order valence-corrected chi connectivity index (χ3v) is 5.59. The number of amides is 1. The van der Waals surface area contributed by atoms with Crippen molar-refractivity contribution in [2.24, 2.45) is 0 Å². The van der Waals surface area contributed by atoms with Crippen LogP contribution in [0.4, 0.5) is 16.0 Å². The van der Waals surface area contributed by atoms with E-state index in [1.165, 1.54) is 12.1 Å². The van der Waals surface area contributed by atoms with Crippen LogP contribution in [0, 0.1) is 26.6 Å². The molecule has 2 aromatic heterocycles. The highest BCUT2D eigenvalue weighted by atomic mass is 19.1. The predicted molar refractivity (Wildman–Crippen MR) is 124 cm³/mol. The fraction of sp³-hybridized carbons (Fsp3) is 0.360. The van der Waals surface area contributed by atoms with E-state index < -0.39 is 5.82 Å². The number of aryl methyl sites for hydroxylation is 3. The number of piperidine rings is 1. The Hall–Kier alpha value is -3.55. The molecule has 4 rings (SSSR count). The van der Waals surface area contributed by atoms with Crippen LogP contribution in [-0.2, 0) is 4.79 Å². The maximum Gasteiger partial charge on any atom is 0.260 e. The van der Waals surface area contributed by atoms with Gasteiger partial charge in [-0.15, -0.1) is 0 Å². The van der Waals surface area contributed by atoms with Crippen molar-refractivity contribution in [3.8, 4) is 5.75 Å². The maximum absolute atomic E-state index is 13.8. The molecule has 3 aromatic rings. The number of ether oxygens (including phenoxy) is 1. The molecule has 0 unspecified atom stereocenters. The number of benzene rings is 1. The fourth-order valence-corrected chi connectivity index (χ4v) is 4.12. The lowest BCUT2D eigenvalue weighted by Gasteiger charge is -2.32. The first-order valence-electron chi connectivity index (χ1n) is 11.1. The fourth-order valence-electron chi connectivity index (χ4n) is 4.12. The van der Waals surface area contributed by atoms with Crippen molar-refractivity contribution >= 4 is 17.5 Å². The molecule has 0 aliphatic carbocycles. The number of halogens is 1. The van der Waals surface area contributed by atoms with Crippen LogP contribution >= 0.6 is 0 Å². The first kappa shape index (κ1) is 22.6. The van der Waals surface area contributed by atoms with Crippen molar-refractivity contribution in [1.82, 2.24) is 19.9 Å². The van der Waals surface area contributed by atoms with Crippen molar-refractivity contribution in [2.45, 2.75) is 39.5 Å². The Kier molecular flexibility index (Phi) is 6.82. The Balaban J connectivity index is 1.44. The van der Waals surface area contributed by atoms with Gasteiger partial charge in [-0.05, 0) is 63.9 Å². The molecule has 1 aliphatic rings. The molecule has 0 saturated carbocycles. The lowest BCUT2D eigenvalue weighted by atomic mass is 9.93. The molecule has 0 bridgehead atoms. The molecule has 8 heteroatoms. The summed E-state index contributed by atoms with van der Waals surface area (Å²) in [6.45, 7) is 6.84. The Morgan fingerprint density at radius 1 is 1.09 bits per heavy atom. The second kappa shape index (κ2) is 9.94. The maximum atomic E-state index is 13.8. The second-order valence-corrected chi connectivity index (χ2v) is 8.42. The molecule has 0 spiro atoms. The molecule has 1 atom stereocenters. The molecule has 33 heavy (non-hydrogen) atoms. The van der Waals surface area contributed by atoms with E-state index in [1.54, 1.807) is 17.0 Å². The summed E-state index contributed by atoms with van der Waals surface area (Å²) < 4.78 is 19.2. The van der Waals surface area contributed by atoms with E-state index in [-0.39, 0.29) is 24.2 Å². The minimum Gasteiger partial charge on any atom is -0.481 e. The smallest absolute Gasteiger partial charge is 0.260 e. The third-order valence-electron chi connectivity index (χ3n) is 5.59. The van der Waals surface area contributed by atoms with Gasteiger partial charge in [0.15, 0.2) is 18.2 Å². The second-order valence-electron chi connectivity index (χ2n) is 8.42. The average Bonchev–Trinajstić information content (AvgIpc) is 2.77. The van der Waals surface area contributed by atoms with E-state index >= 15 is 0 Å². The van der Waals surface area contributed by atoms with Gasteiger partial charge in [-0.3, -0.25) is 9.78 Å². The van der Waals surface area contributed by atoms with Crippen LogP contribution in [0.3, 0.4) is 0 Å². The van der Waals surface area contributed by atoms with Gasteiger partial charge in [0.2, 0.25) is 5.95 Å². The number of carbonyl (C=O) groups excluding carboxylic acids is 1. The minimum absolute atomic E-state index is 0.0871. The zero-order valence-electron chi connectivity index (χ0n) is 19.1. The molecule has 7 nitrogen and oxygen atoms in total. The standard InChI is InChI=1S/C25H28FN5O2/c1-16-11-17(2)29-25(28-16)30-20-12-18(3)27-22(13-20)19-7-6-10-31(14-19)24(32)15-33-23-9-5-4-8-21(23)26/h4-5,8-9,11-13,19H,6-7,10,14-15H2,1-3H3,(H,27,28,29,30)/t19-/m1/s1. The number of rotatable bonds is 6. The van der Waals surface area contributed by atoms with Crippen molar-refractivity contribution in [1.29, 1.82) is 0 Å². The van der Waals surface area contributed by atoms with E-state index in [0.717, 1.165) is 41.3 Å². The van der Waals surface area contributed by atoms with E-state index in [0.29, 0.717) is 19.0 Å². The topological polar surface area (TPSA) is 80.2 Å². The van der Waals surface area contributed by atoms with Crippen LogP contribution in [0.5, 0.6) is 5.75 Å². The quantitative estimate of drug-likeness (QED) is 0.598. The van der Waals surface area contributed by atoms with E-state index in [9.17, 15) is 9.18 Å². The first-order chi connectivity index (χ1) is 15.9. The van der Waals surface area contributed by atoms with Crippen molar-refractivity contribution in [2.75, 3.05) is 25.0 Å². The van der Waals surface area contributed by atoms with E-state index in [2.05, 4.69) is 15.3 Å². The zero-order chi connectivity index (χ0) is 23.4. The summed E-state index contributed by atoms with van der Waals surface area (Å²) in [6, 6.07) is 12.0. The zero-order valence-corrected chi connectivity index (χ0v) is 19.1. The number of aromatic nitrogens is 3. The van der Waals surface area contributed by atoms with Gasteiger partial charge < -0.3 is 15.0 Å². The Morgan fingerprint density at radius 3 is 2.58 bits per heavy atom. The Morgan fingerprint density at radius 2 is 1.82 bits per heavy atom. The SMILES string of the molecule is Cc1cc(Nc2nc(C)cc(C)n2)cc([C@@H]2CCCN(C(=O)COc3ccccc3F)C2)n1. The Bertz CT molecular complexity index is 1130. The number of likely N-dealkylation sites (tertiary alicyclic amines) is 1. The van der Waals surface area contributed by atoms with Gasteiger partial charge in [0, 0.05) is 47.5 Å². The number of hydrogen-bond donors (Lipinski definition) is 1. The van der Waals surface area contributed by atoms with E-state index in [1.807, 2.05) is 39.0 Å². The van der Waals surface area contributed by atoms with Crippen molar-refractivity contribution < 1.29 is 13.9 Å². The molecule has 1 aromatic carbocycles. The lowest BCUT2D eigenvalue weighted by Crippen LogP contribution is -2.41. The van der Waals surface area contributed by atoms with Gasteiger partial charge >= 0.3 is 0 Å². The molecular weight excluding hydrogens is 421 g/mol. The number of hydrogen-bond acceptors (Lipinski definition) is 6. The summed E-state index contributed by atoms with van der Waals surface area (Å²) >= 11 is 0. The molecular formula is C25H28FN5O2. The van der Waals surface area contributed by atoms with Gasteiger partial charge in [0.25, 0.3) is 5.91 Å². The van der Waals surface area contributed by atoms with Crippen LogP contribution in [0.15, 0.2) is 42.5 Å². The van der Waals surface area contributed by atoms with Gasteiger partial charge in [-0.2, -0.15) is 0 Å². The molecule has 3 heterocycles. The third kappa shape index (κ3) is 5.83. The number of anilines is 2. The molecule has 1 fully saturated rings. The number of nitrogens with one attached hydrogen (secondary N) is 1. The summed E-state index contributed by atoms with van der Waals surface area (Å²) in [4.78, 5) is 28.1. The summed E-state index contributed by atoms with van der Waals surface area (Å²) in [7, 11) is 0. The monoisotopic (exact) mass is 449 g/mol. The highest BCUT2D eigenvalue weighted by molar-refractivity contribution is 5.78. The number of carbonyl (C=O) groups is 1. The van der Waals surface area contributed by atoms with Crippen LogP contribution in [0.25, 0.3) is 0 Å². The van der Waals surface area contributed by atoms with Crippen LogP contribution < -0.4 is 10.1 Å². The highest BCUT2D eigenvalue weighted by Crippen LogP contribution is 2.29. The number of para-hydroxylation sites is 1. The summed E-state index contributed by atoms with van der Waals surface area (Å²) in [5.74, 6) is 0.117. The summed E-state index contributed by atoms with van der Waals surface area (Å²) in [5, 5.41) is 3.29.